The maximum atomic E-state index is 12.0. The Morgan fingerprint density at radius 2 is 1.89 bits per heavy atom. The van der Waals surface area contributed by atoms with E-state index in [1.807, 2.05) is 9.80 Å². The van der Waals surface area contributed by atoms with Gasteiger partial charge in [0.2, 0.25) is 5.91 Å². The molecule has 2 rings (SSSR count). The summed E-state index contributed by atoms with van der Waals surface area (Å²) in [7, 11) is 1.40. The van der Waals surface area contributed by atoms with Gasteiger partial charge in [-0.3, -0.25) is 14.5 Å². The number of carbonyl (C=O) groups excluding carboxylic acids is 2. The maximum Gasteiger partial charge on any atom is 0.319 e. The summed E-state index contributed by atoms with van der Waals surface area (Å²) >= 11 is 0. The number of hydrogen-bond acceptors (Lipinski definition) is 5. The van der Waals surface area contributed by atoms with Crippen LogP contribution in [0.25, 0.3) is 0 Å². The van der Waals surface area contributed by atoms with Crippen molar-refractivity contribution in [1.29, 1.82) is 0 Å². The lowest BCUT2D eigenvalue weighted by atomic mass is 9.98. The van der Waals surface area contributed by atoms with Crippen LogP contribution in [0.5, 0.6) is 0 Å². The molecule has 18 heavy (non-hydrogen) atoms. The molecule has 0 aromatic heterocycles. The van der Waals surface area contributed by atoms with Gasteiger partial charge >= 0.3 is 5.97 Å². The van der Waals surface area contributed by atoms with E-state index < -0.39 is 0 Å². The molecule has 0 aromatic carbocycles. The number of nitrogens with zero attached hydrogens (tertiary/aromatic N) is 2. The summed E-state index contributed by atoms with van der Waals surface area (Å²) in [6, 6.07) is 0. The Kier molecular flexibility index (Phi) is 4.54. The molecular weight excluding hydrogens is 234 g/mol. The van der Waals surface area contributed by atoms with Gasteiger partial charge in [-0.05, 0) is 19.0 Å². The number of methoxy groups -OCH3 is 1. The molecule has 0 aromatic rings. The first kappa shape index (κ1) is 13.3. The van der Waals surface area contributed by atoms with E-state index in [2.05, 4.69) is 10.1 Å². The number of ether oxygens (including phenoxy) is 1. The quantitative estimate of drug-likeness (QED) is 0.647. The molecule has 2 saturated heterocycles. The van der Waals surface area contributed by atoms with Crippen molar-refractivity contribution in [3.8, 4) is 0 Å². The van der Waals surface area contributed by atoms with Crippen molar-refractivity contribution in [3.63, 3.8) is 0 Å². The van der Waals surface area contributed by atoms with Gasteiger partial charge in [0.15, 0.2) is 0 Å². The predicted molar refractivity (Wildman–Crippen MR) is 66.0 cm³/mol. The smallest absolute Gasteiger partial charge is 0.319 e. The Hall–Kier alpha value is -1.14. The molecule has 2 heterocycles. The van der Waals surface area contributed by atoms with Gasteiger partial charge in [-0.15, -0.1) is 0 Å². The van der Waals surface area contributed by atoms with Crippen LogP contribution in [0.1, 0.15) is 6.42 Å². The Labute approximate surface area is 107 Å². The molecule has 6 nitrogen and oxygen atoms in total. The molecule has 1 N–H and O–H groups in total. The highest BCUT2D eigenvalue weighted by Gasteiger charge is 2.26. The van der Waals surface area contributed by atoms with E-state index in [0.717, 1.165) is 39.3 Å². The molecule has 0 bridgehead atoms. The van der Waals surface area contributed by atoms with E-state index in [9.17, 15) is 9.59 Å². The van der Waals surface area contributed by atoms with Crippen molar-refractivity contribution in [3.05, 3.63) is 0 Å². The van der Waals surface area contributed by atoms with Gasteiger partial charge in [-0.25, -0.2) is 0 Å². The summed E-state index contributed by atoms with van der Waals surface area (Å²) in [5.74, 6) is 0.556. The Morgan fingerprint density at radius 1 is 1.22 bits per heavy atom. The third-order valence-electron chi connectivity index (χ3n) is 3.63. The van der Waals surface area contributed by atoms with Crippen molar-refractivity contribution in [2.24, 2.45) is 5.92 Å². The SMILES string of the molecule is COC(=O)CN1CCN(C(=O)CC2CNC2)CC1. The van der Waals surface area contributed by atoms with E-state index in [-0.39, 0.29) is 11.9 Å². The van der Waals surface area contributed by atoms with E-state index >= 15 is 0 Å². The van der Waals surface area contributed by atoms with Crippen LogP contribution >= 0.6 is 0 Å². The monoisotopic (exact) mass is 255 g/mol. The molecule has 2 fully saturated rings. The minimum atomic E-state index is -0.213. The number of amides is 1. The number of hydrogen-bond donors (Lipinski definition) is 1. The number of esters is 1. The Bertz CT molecular complexity index is 310. The molecule has 2 aliphatic heterocycles. The predicted octanol–water partition coefficient (Wildman–Crippen LogP) is -1.09. The van der Waals surface area contributed by atoms with Gasteiger partial charge < -0.3 is 15.0 Å². The minimum Gasteiger partial charge on any atom is -0.468 e. The lowest BCUT2D eigenvalue weighted by molar-refractivity contribution is -0.142. The van der Waals surface area contributed by atoms with Gasteiger partial charge in [0, 0.05) is 32.6 Å². The number of rotatable bonds is 4. The topological polar surface area (TPSA) is 61.9 Å². The second-order valence-corrected chi connectivity index (χ2v) is 4.96. The van der Waals surface area contributed by atoms with E-state index in [1.54, 1.807) is 0 Å². The molecule has 0 atom stereocenters. The van der Waals surface area contributed by atoms with Crippen LogP contribution in [-0.4, -0.2) is 74.6 Å². The molecule has 2 aliphatic rings. The van der Waals surface area contributed by atoms with Crippen LogP contribution in [-0.2, 0) is 14.3 Å². The lowest BCUT2D eigenvalue weighted by Crippen LogP contribution is -2.52. The number of carbonyl (C=O) groups is 2. The van der Waals surface area contributed by atoms with E-state index in [0.29, 0.717) is 18.9 Å². The van der Waals surface area contributed by atoms with Crippen LogP contribution in [0.15, 0.2) is 0 Å². The summed E-state index contributed by atoms with van der Waals surface area (Å²) < 4.78 is 4.63. The van der Waals surface area contributed by atoms with Gasteiger partial charge in [0.1, 0.15) is 0 Å². The summed E-state index contributed by atoms with van der Waals surface area (Å²) in [6.45, 7) is 5.20. The normalized spacial score (nSPS) is 21.5. The third kappa shape index (κ3) is 3.43. The molecule has 0 saturated carbocycles. The Morgan fingerprint density at radius 3 is 2.39 bits per heavy atom. The molecule has 0 spiro atoms. The molecule has 6 heteroatoms. The highest BCUT2D eigenvalue weighted by Crippen LogP contribution is 2.12. The molecule has 102 valence electrons. The standard InChI is InChI=1S/C12H21N3O3/c1-18-12(17)9-14-2-4-15(5-3-14)11(16)6-10-7-13-8-10/h10,13H,2-9H2,1H3. The molecule has 0 unspecified atom stereocenters. The fourth-order valence-corrected chi connectivity index (χ4v) is 2.27. The van der Waals surface area contributed by atoms with Gasteiger partial charge in [0.05, 0.1) is 13.7 Å². The van der Waals surface area contributed by atoms with Crippen molar-refractivity contribution in [2.75, 3.05) is 52.9 Å². The summed E-state index contributed by atoms with van der Waals surface area (Å²) in [5, 5.41) is 3.17. The molecular formula is C12H21N3O3. The molecule has 0 aliphatic carbocycles. The fraction of sp³-hybridized carbons (Fsp3) is 0.833. The maximum absolute atomic E-state index is 12.0. The fourth-order valence-electron chi connectivity index (χ4n) is 2.27. The van der Waals surface area contributed by atoms with Gasteiger partial charge in [-0.2, -0.15) is 0 Å². The summed E-state index contributed by atoms with van der Waals surface area (Å²) in [5.41, 5.74) is 0. The Balaban J connectivity index is 1.68. The number of nitrogens with one attached hydrogen (secondary N) is 1. The summed E-state index contributed by atoms with van der Waals surface area (Å²) in [6.07, 6.45) is 0.657. The largest absolute Gasteiger partial charge is 0.468 e. The van der Waals surface area contributed by atoms with Crippen molar-refractivity contribution < 1.29 is 14.3 Å². The zero-order valence-electron chi connectivity index (χ0n) is 10.9. The minimum absolute atomic E-state index is 0.213. The average Bonchev–Trinajstić information content (AvgIpc) is 2.34. The van der Waals surface area contributed by atoms with Crippen molar-refractivity contribution >= 4 is 11.9 Å². The zero-order chi connectivity index (χ0) is 13.0. The first-order valence-electron chi connectivity index (χ1n) is 6.46. The van der Waals surface area contributed by atoms with Crippen molar-refractivity contribution in [2.45, 2.75) is 6.42 Å². The van der Waals surface area contributed by atoms with Crippen LogP contribution in [0, 0.1) is 5.92 Å². The number of piperazine rings is 1. The van der Waals surface area contributed by atoms with Crippen LogP contribution in [0.2, 0.25) is 0 Å². The second kappa shape index (κ2) is 6.15. The highest BCUT2D eigenvalue weighted by molar-refractivity contribution is 5.77. The van der Waals surface area contributed by atoms with Crippen LogP contribution < -0.4 is 5.32 Å². The van der Waals surface area contributed by atoms with Crippen LogP contribution in [0.4, 0.5) is 0 Å². The zero-order valence-corrected chi connectivity index (χ0v) is 10.9. The van der Waals surface area contributed by atoms with Gasteiger partial charge in [0.25, 0.3) is 0 Å². The van der Waals surface area contributed by atoms with Crippen LogP contribution in [0.3, 0.4) is 0 Å². The third-order valence-corrected chi connectivity index (χ3v) is 3.63. The van der Waals surface area contributed by atoms with Gasteiger partial charge in [-0.1, -0.05) is 0 Å². The highest BCUT2D eigenvalue weighted by atomic mass is 16.5. The first-order chi connectivity index (χ1) is 8.69. The lowest BCUT2D eigenvalue weighted by Gasteiger charge is -2.36. The van der Waals surface area contributed by atoms with Crippen molar-refractivity contribution in [1.82, 2.24) is 15.1 Å². The average molecular weight is 255 g/mol. The van der Waals surface area contributed by atoms with E-state index in [1.165, 1.54) is 7.11 Å². The first-order valence-corrected chi connectivity index (χ1v) is 6.46. The summed E-state index contributed by atoms with van der Waals surface area (Å²) in [4.78, 5) is 27.0. The molecule has 1 amide bonds. The second-order valence-electron chi connectivity index (χ2n) is 4.96. The molecule has 0 radical (unpaired) electrons. The van der Waals surface area contributed by atoms with E-state index in [4.69, 9.17) is 0 Å².